The van der Waals surface area contributed by atoms with Crippen LogP contribution in [0.2, 0.25) is 0 Å². The lowest BCUT2D eigenvalue weighted by atomic mass is 10.0. The third-order valence-corrected chi connectivity index (χ3v) is 4.26. The van der Waals surface area contributed by atoms with Gasteiger partial charge in [-0.2, -0.15) is 0 Å². The Labute approximate surface area is 136 Å². The minimum absolute atomic E-state index is 0.263. The Hall–Kier alpha value is -0.810. The van der Waals surface area contributed by atoms with E-state index in [1.807, 2.05) is 0 Å². The minimum Gasteiger partial charge on any atom is -0.396 e. The van der Waals surface area contributed by atoms with Crippen LogP contribution in [0.3, 0.4) is 0 Å². The van der Waals surface area contributed by atoms with Gasteiger partial charge in [0, 0.05) is 32.8 Å². The topological polar surface area (TPSA) is 59.9 Å². The molecule has 5 heteroatoms. The normalized spacial score (nSPS) is 18.2. The molecule has 0 aromatic rings. The van der Waals surface area contributed by atoms with E-state index in [0.29, 0.717) is 5.92 Å². The second-order valence-electron chi connectivity index (χ2n) is 6.22. The van der Waals surface area contributed by atoms with Gasteiger partial charge in [-0.15, -0.1) is 0 Å². The molecule has 1 heterocycles. The van der Waals surface area contributed by atoms with Gasteiger partial charge in [0.2, 0.25) is 0 Å². The number of likely N-dealkylation sites (tertiary alicyclic amines) is 1. The van der Waals surface area contributed by atoms with Crippen LogP contribution < -0.4 is 10.6 Å². The highest BCUT2D eigenvalue weighted by Gasteiger charge is 2.10. The Morgan fingerprint density at radius 1 is 1.14 bits per heavy atom. The van der Waals surface area contributed by atoms with Crippen LogP contribution in [0.15, 0.2) is 4.99 Å². The van der Waals surface area contributed by atoms with Crippen LogP contribution in [-0.4, -0.2) is 61.8 Å². The van der Waals surface area contributed by atoms with Crippen LogP contribution in [0.25, 0.3) is 0 Å². The Morgan fingerprint density at radius 2 is 1.91 bits per heavy atom. The Morgan fingerprint density at radius 3 is 2.55 bits per heavy atom. The number of rotatable bonds is 10. The van der Waals surface area contributed by atoms with Gasteiger partial charge in [0.15, 0.2) is 5.96 Å². The summed E-state index contributed by atoms with van der Waals surface area (Å²) in [5.41, 5.74) is 0. The lowest BCUT2D eigenvalue weighted by Crippen LogP contribution is -2.42. The Balaban J connectivity index is 2.33. The minimum atomic E-state index is 0.263. The second kappa shape index (κ2) is 12.7. The highest BCUT2D eigenvalue weighted by atomic mass is 16.3. The summed E-state index contributed by atoms with van der Waals surface area (Å²) >= 11 is 0. The summed E-state index contributed by atoms with van der Waals surface area (Å²) in [6.45, 7) is 10.8. The molecule has 0 radical (unpaired) electrons. The molecule has 1 fully saturated rings. The zero-order valence-corrected chi connectivity index (χ0v) is 14.6. The smallest absolute Gasteiger partial charge is 0.191 e. The molecule has 130 valence electrons. The van der Waals surface area contributed by atoms with Crippen LogP contribution in [-0.2, 0) is 0 Å². The quantitative estimate of drug-likeness (QED) is 0.425. The number of aliphatic hydroxyl groups is 1. The molecular weight excluding hydrogens is 276 g/mol. The maximum atomic E-state index is 9.13. The number of piperidine rings is 1. The summed E-state index contributed by atoms with van der Waals surface area (Å²) in [7, 11) is 0. The van der Waals surface area contributed by atoms with Crippen molar-refractivity contribution in [3.63, 3.8) is 0 Å². The maximum absolute atomic E-state index is 9.13. The second-order valence-corrected chi connectivity index (χ2v) is 6.22. The first-order chi connectivity index (χ1) is 10.8. The first-order valence-corrected chi connectivity index (χ1v) is 9.15. The van der Waals surface area contributed by atoms with Gasteiger partial charge in [0.1, 0.15) is 0 Å². The van der Waals surface area contributed by atoms with E-state index >= 15 is 0 Å². The molecule has 0 aromatic carbocycles. The van der Waals surface area contributed by atoms with E-state index in [9.17, 15) is 0 Å². The van der Waals surface area contributed by atoms with Crippen LogP contribution in [0, 0.1) is 5.92 Å². The van der Waals surface area contributed by atoms with Gasteiger partial charge in [-0.3, -0.25) is 4.99 Å². The number of hydrogen-bond donors (Lipinski definition) is 3. The number of aliphatic hydroxyl groups excluding tert-OH is 1. The van der Waals surface area contributed by atoms with Crippen molar-refractivity contribution in [1.29, 1.82) is 0 Å². The Bertz CT molecular complexity index is 284. The Kier molecular flexibility index (Phi) is 11.1. The molecule has 5 nitrogen and oxygen atoms in total. The first kappa shape index (κ1) is 19.2. The van der Waals surface area contributed by atoms with E-state index in [1.54, 1.807) is 0 Å². The zero-order chi connectivity index (χ0) is 16.0. The van der Waals surface area contributed by atoms with Crippen molar-refractivity contribution >= 4 is 5.96 Å². The molecule has 0 saturated carbocycles. The van der Waals surface area contributed by atoms with Gasteiger partial charge in [-0.25, -0.2) is 0 Å². The largest absolute Gasteiger partial charge is 0.396 e. The summed E-state index contributed by atoms with van der Waals surface area (Å²) in [4.78, 5) is 7.23. The van der Waals surface area contributed by atoms with Gasteiger partial charge in [-0.05, 0) is 51.6 Å². The molecule has 0 bridgehead atoms. The lowest BCUT2D eigenvalue weighted by molar-refractivity contribution is 0.232. The zero-order valence-electron chi connectivity index (χ0n) is 14.6. The summed E-state index contributed by atoms with van der Waals surface area (Å²) in [5, 5.41) is 15.9. The molecule has 0 aliphatic carbocycles. The molecule has 0 amide bonds. The highest BCUT2D eigenvalue weighted by Crippen LogP contribution is 2.11. The molecule has 3 N–H and O–H groups in total. The van der Waals surface area contributed by atoms with Crippen molar-refractivity contribution in [2.24, 2.45) is 10.9 Å². The van der Waals surface area contributed by atoms with Crippen molar-refractivity contribution in [3.8, 4) is 0 Å². The molecule has 1 unspecified atom stereocenters. The standard InChI is InChI=1S/C17H36N4O/c1-3-8-16(9-14-22)15-20-17(18-4-2)19-10-13-21-11-6-5-7-12-21/h16,22H,3-15H2,1-2H3,(H2,18,19,20). The van der Waals surface area contributed by atoms with Crippen LogP contribution >= 0.6 is 0 Å². The third kappa shape index (κ3) is 8.59. The number of nitrogens with zero attached hydrogens (tertiary/aromatic N) is 2. The molecule has 1 rings (SSSR count). The average molecular weight is 313 g/mol. The van der Waals surface area contributed by atoms with E-state index in [4.69, 9.17) is 10.1 Å². The first-order valence-electron chi connectivity index (χ1n) is 9.15. The maximum Gasteiger partial charge on any atom is 0.191 e. The van der Waals surface area contributed by atoms with E-state index in [2.05, 4.69) is 29.4 Å². The van der Waals surface area contributed by atoms with Crippen molar-refractivity contribution in [1.82, 2.24) is 15.5 Å². The monoisotopic (exact) mass is 312 g/mol. The van der Waals surface area contributed by atoms with Crippen molar-refractivity contribution in [2.75, 3.05) is 45.9 Å². The molecule has 1 aliphatic rings. The van der Waals surface area contributed by atoms with Gasteiger partial charge < -0.3 is 20.6 Å². The molecular formula is C17H36N4O. The van der Waals surface area contributed by atoms with Crippen LogP contribution in [0.1, 0.15) is 52.4 Å². The van der Waals surface area contributed by atoms with Gasteiger partial charge >= 0.3 is 0 Å². The van der Waals surface area contributed by atoms with Crippen molar-refractivity contribution < 1.29 is 5.11 Å². The molecule has 1 saturated heterocycles. The molecule has 1 atom stereocenters. The number of hydrogen-bond acceptors (Lipinski definition) is 3. The van der Waals surface area contributed by atoms with E-state index < -0.39 is 0 Å². The lowest BCUT2D eigenvalue weighted by Gasteiger charge is -2.26. The highest BCUT2D eigenvalue weighted by molar-refractivity contribution is 5.79. The molecule has 1 aliphatic heterocycles. The fraction of sp³-hybridized carbons (Fsp3) is 0.941. The van der Waals surface area contributed by atoms with E-state index in [-0.39, 0.29) is 6.61 Å². The van der Waals surface area contributed by atoms with Gasteiger partial charge in [0.25, 0.3) is 0 Å². The summed E-state index contributed by atoms with van der Waals surface area (Å²) in [5.74, 6) is 1.41. The molecule has 22 heavy (non-hydrogen) atoms. The SMILES string of the molecule is CCCC(CCO)CN=C(NCC)NCCN1CCCCC1. The van der Waals surface area contributed by atoms with Crippen molar-refractivity contribution in [2.45, 2.75) is 52.4 Å². The number of nitrogens with one attached hydrogen (secondary N) is 2. The van der Waals surface area contributed by atoms with Crippen LogP contribution in [0.5, 0.6) is 0 Å². The third-order valence-electron chi connectivity index (χ3n) is 4.26. The van der Waals surface area contributed by atoms with E-state index in [0.717, 1.165) is 51.4 Å². The molecule has 0 spiro atoms. The number of guanidine groups is 1. The summed E-state index contributed by atoms with van der Waals surface area (Å²) < 4.78 is 0. The summed E-state index contributed by atoms with van der Waals surface area (Å²) in [6, 6.07) is 0. The van der Waals surface area contributed by atoms with Crippen molar-refractivity contribution in [3.05, 3.63) is 0 Å². The molecule has 0 aromatic heterocycles. The fourth-order valence-electron chi connectivity index (χ4n) is 3.00. The van der Waals surface area contributed by atoms with Crippen LogP contribution in [0.4, 0.5) is 0 Å². The average Bonchev–Trinajstić information content (AvgIpc) is 2.54. The van der Waals surface area contributed by atoms with E-state index in [1.165, 1.54) is 32.4 Å². The predicted octanol–water partition coefficient (Wildman–Crippen LogP) is 1.83. The van der Waals surface area contributed by atoms with Gasteiger partial charge in [0.05, 0.1) is 0 Å². The number of aliphatic imine (C=N–C) groups is 1. The van der Waals surface area contributed by atoms with Gasteiger partial charge in [-0.1, -0.05) is 19.8 Å². The fourth-order valence-corrected chi connectivity index (χ4v) is 3.00. The predicted molar refractivity (Wildman–Crippen MR) is 94.4 cm³/mol. The summed E-state index contributed by atoms with van der Waals surface area (Å²) in [6.07, 6.45) is 7.21.